The van der Waals surface area contributed by atoms with E-state index in [1.54, 1.807) is 0 Å². The van der Waals surface area contributed by atoms with E-state index in [-0.39, 0.29) is 5.92 Å². The van der Waals surface area contributed by atoms with Crippen molar-refractivity contribution >= 4 is 11.6 Å². The Bertz CT molecular complexity index is 507. The van der Waals surface area contributed by atoms with Crippen molar-refractivity contribution in [1.29, 1.82) is 0 Å². The van der Waals surface area contributed by atoms with Crippen LogP contribution in [-0.4, -0.2) is 40.5 Å². The van der Waals surface area contributed by atoms with E-state index in [1.807, 2.05) is 6.92 Å². The molecule has 0 aromatic carbocycles. The monoisotopic (exact) mass is 290 g/mol. The number of aromatic nitrogens is 2. The molecule has 0 radical (unpaired) electrons. The molecule has 3 aliphatic rings. The summed E-state index contributed by atoms with van der Waals surface area (Å²) in [5.74, 6) is 9.13. The number of nitrogens with two attached hydrogens (primary N) is 1. The van der Waals surface area contributed by atoms with Gasteiger partial charge in [0.15, 0.2) is 0 Å². The Morgan fingerprint density at radius 2 is 1.86 bits per heavy atom. The molecule has 3 fully saturated rings. The fraction of sp³-hybridized carbons (Fsp3) is 0.733. The predicted molar refractivity (Wildman–Crippen MR) is 85.2 cm³/mol. The largest absolute Gasteiger partial charge is 0.365 e. The lowest BCUT2D eigenvalue weighted by atomic mass is 9.84. The van der Waals surface area contributed by atoms with Gasteiger partial charge in [0.05, 0.1) is 0 Å². The number of hydrogen-bond acceptors (Lipinski definition) is 6. The molecular formula is C15H26N6. The molecule has 6 heteroatoms. The normalized spacial score (nSPS) is 28.0. The molecular weight excluding hydrogens is 264 g/mol. The molecule has 6 nitrogen and oxygen atoms in total. The number of fused-ring (bicyclic) bond motifs is 3. The highest BCUT2D eigenvalue weighted by Gasteiger charge is 2.34. The molecule has 3 aliphatic heterocycles. The topological polar surface area (TPSA) is 79.1 Å². The summed E-state index contributed by atoms with van der Waals surface area (Å²) in [5.41, 5.74) is 3.70. The molecule has 1 aromatic heterocycles. The van der Waals surface area contributed by atoms with Gasteiger partial charge in [-0.25, -0.2) is 15.8 Å². The number of nitrogen functional groups attached to an aromatic ring is 1. The van der Waals surface area contributed by atoms with Crippen LogP contribution in [0.4, 0.5) is 11.6 Å². The maximum atomic E-state index is 5.61. The fourth-order valence-corrected chi connectivity index (χ4v) is 3.38. The molecule has 1 atom stereocenters. The minimum absolute atomic E-state index is 0.282. The highest BCUT2D eigenvalue weighted by Crippen LogP contribution is 2.31. The van der Waals surface area contributed by atoms with E-state index in [0.29, 0.717) is 6.04 Å². The summed E-state index contributed by atoms with van der Waals surface area (Å²) in [7, 11) is 0. The number of nitrogens with zero attached hydrogens (tertiary/aromatic N) is 3. The second-order valence-electron chi connectivity index (χ2n) is 6.59. The summed E-state index contributed by atoms with van der Waals surface area (Å²) in [6, 6.07) is 0.492. The Hall–Kier alpha value is -1.40. The zero-order chi connectivity index (χ0) is 15.0. The molecule has 2 bridgehead atoms. The number of hydrazine groups is 1. The van der Waals surface area contributed by atoms with Crippen LogP contribution in [0.25, 0.3) is 0 Å². The highest BCUT2D eigenvalue weighted by atomic mass is 15.3. The maximum Gasteiger partial charge on any atom is 0.148 e. The average molecular weight is 290 g/mol. The molecule has 0 aliphatic carbocycles. The Morgan fingerprint density at radius 3 is 2.38 bits per heavy atom. The third-order valence-electron chi connectivity index (χ3n) is 4.79. The summed E-state index contributed by atoms with van der Waals surface area (Å²) in [6.45, 7) is 9.84. The lowest BCUT2D eigenvalue weighted by Gasteiger charge is -2.45. The van der Waals surface area contributed by atoms with Crippen LogP contribution in [0.15, 0.2) is 0 Å². The number of piperidine rings is 3. The third kappa shape index (κ3) is 2.82. The van der Waals surface area contributed by atoms with Crippen molar-refractivity contribution in [3.8, 4) is 0 Å². The Morgan fingerprint density at radius 1 is 1.19 bits per heavy atom. The van der Waals surface area contributed by atoms with Crippen LogP contribution in [0.1, 0.15) is 44.0 Å². The lowest BCUT2D eigenvalue weighted by Crippen LogP contribution is -2.53. The summed E-state index contributed by atoms with van der Waals surface area (Å²) >= 11 is 0. The van der Waals surface area contributed by atoms with Gasteiger partial charge in [0.1, 0.15) is 17.5 Å². The zero-order valence-electron chi connectivity index (χ0n) is 13.2. The molecule has 116 valence electrons. The number of anilines is 2. The number of rotatable bonds is 4. The third-order valence-corrected chi connectivity index (χ3v) is 4.79. The zero-order valence-corrected chi connectivity index (χ0v) is 13.2. The summed E-state index contributed by atoms with van der Waals surface area (Å²) in [6.07, 6.45) is 2.58. The van der Waals surface area contributed by atoms with Gasteiger partial charge < -0.3 is 15.6 Å². The predicted octanol–water partition coefficient (Wildman–Crippen LogP) is 1.70. The second-order valence-corrected chi connectivity index (χ2v) is 6.59. The number of hydrogen-bond donors (Lipinski definition) is 3. The van der Waals surface area contributed by atoms with Gasteiger partial charge in [-0.05, 0) is 38.8 Å². The van der Waals surface area contributed by atoms with Crippen molar-refractivity contribution in [3.63, 3.8) is 0 Å². The standard InChI is InChI=1S/C15H26N6/c1-9(2)13-18-14(10(3)15(19-13)20-16)17-12-8-21-6-4-11(12)5-7-21/h9,11-12H,4-8,16H2,1-3H3,(H2,17,18,19,20). The molecule has 4 heterocycles. The van der Waals surface area contributed by atoms with Crippen LogP contribution in [0.3, 0.4) is 0 Å². The van der Waals surface area contributed by atoms with Crippen LogP contribution in [0.2, 0.25) is 0 Å². The van der Waals surface area contributed by atoms with Crippen LogP contribution < -0.4 is 16.6 Å². The number of nitrogens with one attached hydrogen (secondary N) is 2. The summed E-state index contributed by atoms with van der Waals surface area (Å²) < 4.78 is 0. The molecule has 1 aromatic rings. The van der Waals surface area contributed by atoms with E-state index in [4.69, 9.17) is 10.8 Å². The van der Waals surface area contributed by atoms with Crippen molar-refractivity contribution in [1.82, 2.24) is 14.9 Å². The molecule has 21 heavy (non-hydrogen) atoms. The van der Waals surface area contributed by atoms with Crippen molar-refractivity contribution in [2.75, 3.05) is 30.4 Å². The van der Waals surface area contributed by atoms with E-state index >= 15 is 0 Å². The highest BCUT2D eigenvalue weighted by molar-refractivity contribution is 5.57. The van der Waals surface area contributed by atoms with Crippen molar-refractivity contribution < 1.29 is 0 Å². The fourth-order valence-electron chi connectivity index (χ4n) is 3.38. The second kappa shape index (κ2) is 5.77. The van der Waals surface area contributed by atoms with Crippen molar-refractivity contribution in [3.05, 3.63) is 11.4 Å². The van der Waals surface area contributed by atoms with E-state index in [2.05, 4.69) is 34.5 Å². The van der Waals surface area contributed by atoms with Crippen molar-refractivity contribution in [2.24, 2.45) is 11.8 Å². The van der Waals surface area contributed by atoms with Gasteiger partial charge in [-0.1, -0.05) is 13.8 Å². The molecule has 0 spiro atoms. The minimum Gasteiger partial charge on any atom is -0.365 e. The van der Waals surface area contributed by atoms with E-state index in [9.17, 15) is 0 Å². The van der Waals surface area contributed by atoms with Gasteiger partial charge in [0.25, 0.3) is 0 Å². The van der Waals surface area contributed by atoms with Crippen LogP contribution in [0.5, 0.6) is 0 Å². The first-order valence-electron chi connectivity index (χ1n) is 7.92. The first-order valence-corrected chi connectivity index (χ1v) is 7.92. The Kier molecular flexibility index (Phi) is 3.99. The SMILES string of the molecule is Cc1c(NN)nc(C(C)C)nc1NC1CN2CCC1CC2. The van der Waals surface area contributed by atoms with Gasteiger partial charge in [0.2, 0.25) is 0 Å². The van der Waals surface area contributed by atoms with E-state index < -0.39 is 0 Å². The summed E-state index contributed by atoms with van der Waals surface area (Å²) in [4.78, 5) is 11.8. The smallest absolute Gasteiger partial charge is 0.148 e. The maximum absolute atomic E-state index is 5.61. The molecule has 0 saturated carbocycles. The minimum atomic E-state index is 0.282. The Labute approximate surface area is 126 Å². The van der Waals surface area contributed by atoms with Crippen LogP contribution in [-0.2, 0) is 0 Å². The van der Waals surface area contributed by atoms with E-state index in [0.717, 1.165) is 35.5 Å². The summed E-state index contributed by atoms with van der Waals surface area (Å²) in [5, 5.41) is 3.66. The van der Waals surface area contributed by atoms with E-state index in [1.165, 1.54) is 25.9 Å². The Balaban J connectivity index is 1.85. The molecule has 4 rings (SSSR count). The first-order chi connectivity index (χ1) is 10.1. The van der Waals surface area contributed by atoms with Gasteiger partial charge in [-0.2, -0.15) is 0 Å². The van der Waals surface area contributed by atoms with Gasteiger partial charge in [-0.3, -0.25) is 0 Å². The van der Waals surface area contributed by atoms with Gasteiger partial charge in [-0.15, -0.1) is 0 Å². The molecule has 3 saturated heterocycles. The lowest BCUT2D eigenvalue weighted by molar-refractivity contribution is 0.0973. The molecule has 0 amide bonds. The average Bonchev–Trinajstić information content (AvgIpc) is 2.50. The van der Waals surface area contributed by atoms with Crippen LogP contribution in [0, 0.1) is 12.8 Å². The van der Waals surface area contributed by atoms with Gasteiger partial charge in [0, 0.05) is 24.1 Å². The first kappa shape index (κ1) is 14.5. The molecule has 4 N–H and O–H groups in total. The van der Waals surface area contributed by atoms with Crippen molar-refractivity contribution in [2.45, 2.75) is 45.6 Å². The van der Waals surface area contributed by atoms with Gasteiger partial charge >= 0.3 is 0 Å². The quantitative estimate of drug-likeness (QED) is 0.578. The van der Waals surface area contributed by atoms with Crippen LogP contribution >= 0.6 is 0 Å². The molecule has 1 unspecified atom stereocenters.